The summed E-state index contributed by atoms with van der Waals surface area (Å²) >= 11 is 0. The number of rotatable bonds is 5. The summed E-state index contributed by atoms with van der Waals surface area (Å²) in [5.74, 6) is 0. The van der Waals surface area contributed by atoms with Crippen molar-refractivity contribution in [2.45, 2.75) is 13.0 Å². The number of nitrogens with zero attached hydrogens (tertiary/aromatic N) is 3. The van der Waals surface area contributed by atoms with Gasteiger partial charge in [-0.3, -0.25) is 9.58 Å². The van der Waals surface area contributed by atoms with Crippen molar-refractivity contribution in [3.8, 4) is 0 Å². The molecule has 1 saturated heterocycles. The van der Waals surface area contributed by atoms with Crippen LogP contribution in [0.4, 0.5) is 0 Å². The number of hydrogen-bond donors (Lipinski definition) is 1. The van der Waals surface area contributed by atoms with Gasteiger partial charge in [0.25, 0.3) is 0 Å². The van der Waals surface area contributed by atoms with Crippen LogP contribution in [-0.2, 0) is 11.8 Å². The highest BCUT2D eigenvalue weighted by molar-refractivity contribution is 5.08. The van der Waals surface area contributed by atoms with Gasteiger partial charge in [0.1, 0.15) is 0 Å². The van der Waals surface area contributed by atoms with E-state index in [1.165, 1.54) is 5.56 Å². The largest absolute Gasteiger partial charge is 0.379 e. The maximum atomic E-state index is 5.33. The van der Waals surface area contributed by atoms with Gasteiger partial charge in [0.2, 0.25) is 0 Å². The van der Waals surface area contributed by atoms with Gasteiger partial charge in [-0.15, -0.1) is 0 Å². The molecule has 17 heavy (non-hydrogen) atoms. The molecule has 0 saturated carbocycles. The van der Waals surface area contributed by atoms with Crippen molar-refractivity contribution in [3.05, 3.63) is 18.0 Å². The fourth-order valence-corrected chi connectivity index (χ4v) is 2.05. The standard InChI is InChI=1S/C12H22N4O/c1-11(12-9-14-15(2)10-12)13-3-4-16-5-7-17-8-6-16/h9-11,13H,3-8H2,1-2H3. The van der Waals surface area contributed by atoms with Crippen LogP contribution in [0.5, 0.6) is 0 Å². The molecule has 1 N–H and O–H groups in total. The van der Waals surface area contributed by atoms with Crippen LogP contribution in [-0.4, -0.2) is 54.1 Å². The Morgan fingerprint density at radius 3 is 2.88 bits per heavy atom. The Kier molecular flexibility index (Phi) is 4.53. The summed E-state index contributed by atoms with van der Waals surface area (Å²) in [6.07, 6.45) is 3.98. The SMILES string of the molecule is CC(NCCN1CCOCC1)c1cnn(C)c1. The van der Waals surface area contributed by atoms with Gasteiger partial charge in [0, 0.05) is 51.0 Å². The summed E-state index contributed by atoms with van der Waals surface area (Å²) in [6.45, 7) is 8.14. The van der Waals surface area contributed by atoms with E-state index in [0.717, 1.165) is 39.4 Å². The van der Waals surface area contributed by atoms with E-state index in [-0.39, 0.29) is 0 Å². The van der Waals surface area contributed by atoms with Crippen molar-refractivity contribution >= 4 is 0 Å². The van der Waals surface area contributed by atoms with Gasteiger partial charge in [0.15, 0.2) is 0 Å². The quantitative estimate of drug-likeness (QED) is 0.806. The molecular weight excluding hydrogens is 216 g/mol. The maximum Gasteiger partial charge on any atom is 0.0594 e. The number of aromatic nitrogens is 2. The molecule has 1 atom stereocenters. The Bertz CT molecular complexity index is 333. The van der Waals surface area contributed by atoms with Crippen LogP contribution in [0.1, 0.15) is 18.5 Å². The van der Waals surface area contributed by atoms with Crippen molar-refractivity contribution in [2.75, 3.05) is 39.4 Å². The van der Waals surface area contributed by atoms with Gasteiger partial charge in [-0.05, 0) is 6.92 Å². The van der Waals surface area contributed by atoms with Crippen LogP contribution < -0.4 is 5.32 Å². The Hall–Kier alpha value is -0.910. The molecule has 1 aromatic rings. The van der Waals surface area contributed by atoms with Crippen LogP contribution in [0.25, 0.3) is 0 Å². The Balaban J connectivity index is 1.67. The highest BCUT2D eigenvalue weighted by Crippen LogP contribution is 2.09. The van der Waals surface area contributed by atoms with E-state index >= 15 is 0 Å². The molecule has 0 bridgehead atoms. The average molecular weight is 238 g/mol. The molecule has 1 aliphatic heterocycles. The van der Waals surface area contributed by atoms with Crippen molar-refractivity contribution in [1.29, 1.82) is 0 Å². The fraction of sp³-hybridized carbons (Fsp3) is 0.750. The predicted octanol–water partition coefficient (Wildman–Crippen LogP) is 0.403. The van der Waals surface area contributed by atoms with Gasteiger partial charge in [0.05, 0.1) is 19.4 Å². The molecule has 1 fully saturated rings. The fourth-order valence-electron chi connectivity index (χ4n) is 2.05. The molecule has 5 heteroatoms. The highest BCUT2D eigenvalue weighted by atomic mass is 16.5. The van der Waals surface area contributed by atoms with Crippen LogP contribution in [0.3, 0.4) is 0 Å². The predicted molar refractivity (Wildman–Crippen MR) is 66.9 cm³/mol. The lowest BCUT2D eigenvalue weighted by Gasteiger charge is -2.27. The lowest BCUT2D eigenvalue weighted by atomic mass is 10.2. The second-order valence-corrected chi connectivity index (χ2v) is 4.58. The molecule has 2 heterocycles. The van der Waals surface area contributed by atoms with E-state index in [1.807, 2.05) is 17.9 Å². The summed E-state index contributed by atoms with van der Waals surface area (Å²) in [5.41, 5.74) is 1.24. The molecular formula is C12H22N4O. The Labute approximate surface area is 103 Å². The van der Waals surface area contributed by atoms with Gasteiger partial charge >= 0.3 is 0 Å². The Morgan fingerprint density at radius 2 is 2.24 bits per heavy atom. The minimum atomic E-state index is 0.366. The zero-order chi connectivity index (χ0) is 12.1. The summed E-state index contributed by atoms with van der Waals surface area (Å²) < 4.78 is 7.17. The molecule has 96 valence electrons. The maximum absolute atomic E-state index is 5.33. The highest BCUT2D eigenvalue weighted by Gasteiger charge is 2.11. The van der Waals surface area contributed by atoms with Crippen LogP contribution in [0.2, 0.25) is 0 Å². The average Bonchev–Trinajstić information content (AvgIpc) is 2.77. The summed E-state index contributed by atoms with van der Waals surface area (Å²) in [6, 6.07) is 0.366. The van der Waals surface area contributed by atoms with E-state index in [9.17, 15) is 0 Å². The lowest BCUT2D eigenvalue weighted by Crippen LogP contribution is -2.40. The monoisotopic (exact) mass is 238 g/mol. The first-order chi connectivity index (χ1) is 8.25. The lowest BCUT2D eigenvalue weighted by molar-refractivity contribution is 0.0382. The molecule has 0 radical (unpaired) electrons. The molecule has 1 aromatic heterocycles. The molecule has 0 spiro atoms. The second-order valence-electron chi connectivity index (χ2n) is 4.58. The third kappa shape index (κ3) is 3.80. The van der Waals surface area contributed by atoms with E-state index in [1.54, 1.807) is 0 Å². The smallest absolute Gasteiger partial charge is 0.0594 e. The minimum Gasteiger partial charge on any atom is -0.379 e. The summed E-state index contributed by atoms with van der Waals surface area (Å²) in [5, 5.41) is 7.71. The zero-order valence-corrected chi connectivity index (χ0v) is 10.7. The van der Waals surface area contributed by atoms with Crippen LogP contribution >= 0.6 is 0 Å². The minimum absolute atomic E-state index is 0.366. The number of aryl methyl sites for hydroxylation is 1. The zero-order valence-electron chi connectivity index (χ0n) is 10.7. The number of hydrogen-bond acceptors (Lipinski definition) is 4. The van der Waals surface area contributed by atoms with Crippen molar-refractivity contribution < 1.29 is 4.74 Å². The third-order valence-corrected chi connectivity index (χ3v) is 3.21. The van der Waals surface area contributed by atoms with Gasteiger partial charge in [-0.1, -0.05) is 0 Å². The number of nitrogens with one attached hydrogen (secondary N) is 1. The molecule has 0 aromatic carbocycles. The first-order valence-electron chi connectivity index (χ1n) is 6.28. The normalized spacial score (nSPS) is 19.4. The first kappa shape index (κ1) is 12.5. The van der Waals surface area contributed by atoms with Gasteiger partial charge in [-0.25, -0.2) is 0 Å². The van der Waals surface area contributed by atoms with Crippen LogP contribution in [0.15, 0.2) is 12.4 Å². The van der Waals surface area contributed by atoms with Crippen molar-refractivity contribution in [1.82, 2.24) is 20.0 Å². The molecule has 0 aliphatic carbocycles. The van der Waals surface area contributed by atoms with Gasteiger partial charge < -0.3 is 10.1 Å². The van der Waals surface area contributed by atoms with Crippen molar-refractivity contribution in [2.24, 2.45) is 7.05 Å². The topological polar surface area (TPSA) is 42.3 Å². The van der Waals surface area contributed by atoms with Crippen molar-refractivity contribution in [3.63, 3.8) is 0 Å². The summed E-state index contributed by atoms with van der Waals surface area (Å²) in [7, 11) is 1.95. The number of morpholine rings is 1. The molecule has 5 nitrogen and oxygen atoms in total. The Morgan fingerprint density at radius 1 is 1.47 bits per heavy atom. The molecule has 1 aliphatic rings. The van der Waals surface area contributed by atoms with E-state index < -0.39 is 0 Å². The van der Waals surface area contributed by atoms with E-state index in [4.69, 9.17) is 4.74 Å². The van der Waals surface area contributed by atoms with Gasteiger partial charge in [-0.2, -0.15) is 5.10 Å². The first-order valence-corrected chi connectivity index (χ1v) is 6.28. The molecule has 0 amide bonds. The van der Waals surface area contributed by atoms with E-state index in [0.29, 0.717) is 6.04 Å². The molecule has 1 unspecified atom stereocenters. The summed E-state index contributed by atoms with van der Waals surface area (Å²) in [4.78, 5) is 2.44. The van der Waals surface area contributed by atoms with Crippen LogP contribution in [0, 0.1) is 0 Å². The second kappa shape index (κ2) is 6.14. The number of ether oxygens (including phenoxy) is 1. The van der Waals surface area contributed by atoms with E-state index in [2.05, 4.69) is 28.4 Å². The molecule has 2 rings (SSSR count). The third-order valence-electron chi connectivity index (χ3n) is 3.21.